The molecule has 1 aliphatic rings. The summed E-state index contributed by atoms with van der Waals surface area (Å²) < 4.78 is 39.0. The van der Waals surface area contributed by atoms with E-state index in [9.17, 15) is 13.2 Å². The van der Waals surface area contributed by atoms with Gasteiger partial charge in [-0.1, -0.05) is 6.92 Å². The maximum Gasteiger partial charge on any atom is 0.194 e. The van der Waals surface area contributed by atoms with E-state index >= 15 is 0 Å². The van der Waals surface area contributed by atoms with E-state index in [4.69, 9.17) is 5.73 Å². The molecule has 124 valence electrons. The van der Waals surface area contributed by atoms with E-state index in [1.165, 1.54) is 0 Å². The molecule has 1 fully saturated rings. The Balaban J connectivity index is 0.00000242. The van der Waals surface area contributed by atoms with Crippen LogP contribution in [0.1, 0.15) is 25.3 Å². The fraction of sp³-hybridized carbons (Fsp3) is 0.533. The van der Waals surface area contributed by atoms with Crippen molar-refractivity contribution in [1.82, 2.24) is 4.90 Å². The molecule has 0 amide bonds. The second kappa shape index (κ2) is 8.59. The number of nitrogens with two attached hydrogens (primary N) is 1. The largest absolute Gasteiger partial charge is 0.370 e. The Morgan fingerprint density at radius 3 is 2.32 bits per heavy atom. The molecule has 0 unspecified atom stereocenters. The van der Waals surface area contributed by atoms with Crippen LogP contribution in [-0.4, -0.2) is 30.5 Å². The van der Waals surface area contributed by atoms with Gasteiger partial charge in [0, 0.05) is 19.6 Å². The molecule has 0 atom stereocenters. The monoisotopic (exact) mass is 427 g/mol. The lowest BCUT2D eigenvalue weighted by molar-refractivity contribution is 0.277. The first-order valence-electron chi connectivity index (χ1n) is 7.15. The summed E-state index contributed by atoms with van der Waals surface area (Å²) in [6.45, 7) is 4.30. The number of aliphatic imine (C=N–C) groups is 1. The third-order valence-electron chi connectivity index (χ3n) is 3.83. The molecule has 1 heterocycles. The molecular weight excluding hydrogens is 406 g/mol. The summed E-state index contributed by atoms with van der Waals surface area (Å²) in [5.74, 6) is -2.62. The molecule has 1 saturated heterocycles. The zero-order valence-corrected chi connectivity index (χ0v) is 14.8. The van der Waals surface area contributed by atoms with Crippen LogP contribution in [0.4, 0.5) is 13.2 Å². The van der Waals surface area contributed by atoms with E-state index in [1.807, 2.05) is 4.90 Å². The van der Waals surface area contributed by atoms with Gasteiger partial charge in [0.05, 0.1) is 0 Å². The summed E-state index contributed by atoms with van der Waals surface area (Å²) in [5, 5.41) is 0. The predicted octanol–water partition coefficient (Wildman–Crippen LogP) is 3.31. The molecule has 1 aliphatic heterocycles. The third-order valence-corrected chi connectivity index (χ3v) is 3.83. The molecule has 22 heavy (non-hydrogen) atoms. The van der Waals surface area contributed by atoms with E-state index < -0.39 is 17.5 Å². The first-order valence-corrected chi connectivity index (χ1v) is 7.15. The van der Waals surface area contributed by atoms with Gasteiger partial charge in [-0.2, -0.15) is 0 Å². The van der Waals surface area contributed by atoms with Gasteiger partial charge >= 0.3 is 0 Å². The number of hydrogen-bond donors (Lipinski definition) is 1. The van der Waals surface area contributed by atoms with E-state index in [0.717, 1.165) is 38.1 Å². The second-order valence-corrected chi connectivity index (χ2v) is 5.53. The van der Waals surface area contributed by atoms with Crippen molar-refractivity contribution in [3.63, 3.8) is 0 Å². The van der Waals surface area contributed by atoms with Gasteiger partial charge in [0.25, 0.3) is 0 Å². The molecule has 3 nitrogen and oxygen atoms in total. The summed E-state index contributed by atoms with van der Waals surface area (Å²) in [5.41, 5.74) is 6.28. The molecular formula is C15H21F3IN3. The van der Waals surface area contributed by atoms with E-state index in [2.05, 4.69) is 11.9 Å². The quantitative estimate of drug-likeness (QED) is 0.348. The molecule has 0 spiro atoms. The third kappa shape index (κ3) is 5.03. The Kier molecular flexibility index (Phi) is 7.44. The van der Waals surface area contributed by atoms with Crippen molar-refractivity contribution in [2.45, 2.75) is 26.2 Å². The summed E-state index contributed by atoms with van der Waals surface area (Å²) >= 11 is 0. The van der Waals surface area contributed by atoms with E-state index in [-0.39, 0.29) is 24.0 Å². The van der Waals surface area contributed by atoms with Gasteiger partial charge in [-0.15, -0.1) is 24.0 Å². The van der Waals surface area contributed by atoms with Crippen molar-refractivity contribution in [1.29, 1.82) is 0 Å². The Bertz CT molecular complexity index is 506. The molecule has 7 heteroatoms. The number of benzene rings is 1. The van der Waals surface area contributed by atoms with Gasteiger partial charge < -0.3 is 10.6 Å². The number of likely N-dealkylation sites (tertiary alicyclic amines) is 1. The smallest absolute Gasteiger partial charge is 0.194 e. The van der Waals surface area contributed by atoms with Crippen LogP contribution in [0.3, 0.4) is 0 Å². The van der Waals surface area contributed by atoms with E-state index in [1.54, 1.807) is 0 Å². The van der Waals surface area contributed by atoms with Gasteiger partial charge in [0.2, 0.25) is 0 Å². The summed E-state index contributed by atoms with van der Waals surface area (Å²) in [4.78, 5) is 6.25. The van der Waals surface area contributed by atoms with Crippen LogP contribution in [-0.2, 0) is 6.42 Å². The van der Waals surface area contributed by atoms with Crippen LogP contribution < -0.4 is 5.73 Å². The zero-order valence-electron chi connectivity index (χ0n) is 12.5. The van der Waals surface area contributed by atoms with Crippen molar-refractivity contribution in [2.24, 2.45) is 16.6 Å². The molecule has 0 saturated carbocycles. The van der Waals surface area contributed by atoms with Gasteiger partial charge in [0.15, 0.2) is 23.4 Å². The topological polar surface area (TPSA) is 41.6 Å². The number of halogens is 4. The number of hydrogen-bond acceptors (Lipinski definition) is 1. The highest BCUT2D eigenvalue weighted by Gasteiger charge is 2.16. The number of piperidine rings is 1. The zero-order chi connectivity index (χ0) is 15.4. The lowest BCUT2D eigenvalue weighted by Crippen LogP contribution is -2.42. The lowest BCUT2D eigenvalue weighted by atomic mass is 10.00. The average molecular weight is 427 g/mol. The van der Waals surface area contributed by atoms with Crippen LogP contribution in [0, 0.1) is 23.4 Å². The average Bonchev–Trinajstić information content (AvgIpc) is 2.45. The molecule has 2 rings (SSSR count). The molecule has 0 bridgehead atoms. The maximum absolute atomic E-state index is 13.1. The highest BCUT2D eigenvalue weighted by molar-refractivity contribution is 14.0. The standard InChI is InChI=1S/C15H20F3N3.HI/c1-10-3-6-21(7-4-10)15(19)20-5-2-11-8-12(16)14(18)13(17)9-11;/h8-10H,2-7H2,1H3,(H2,19,20);1H. The van der Waals surface area contributed by atoms with Crippen molar-refractivity contribution >= 4 is 29.9 Å². The van der Waals surface area contributed by atoms with Crippen LogP contribution in [0.15, 0.2) is 17.1 Å². The molecule has 0 aliphatic carbocycles. The minimum atomic E-state index is -1.44. The van der Waals surface area contributed by atoms with Gasteiger partial charge in [-0.3, -0.25) is 4.99 Å². The lowest BCUT2D eigenvalue weighted by Gasteiger charge is -2.31. The summed E-state index contributed by atoms with van der Waals surface area (Å²) in [6.07, 6.45) is 2.49. The van der Waals surface area contributed by atoms with E-state index in [0.29, 0.717) is 30.4 Å². The Morgan fingerprint density at radius 1 is 1.23 bits per heavy atom. The highest BCUT2D eigenvalue weighted by atomic mass is 127. The highest BCUT2D eigenvalue weighted by Crippen LogP contribution is 2.16. The van der Waals surface area contributed by atoms with Crippen LogP contribution in [0.25, 0.3) is 0 Å². The van der Waals surface area contributed by atoms with Crippen molar-refractivity contribution in [2.75, 3.05) is 19.6 Å². The molecule has 1 aromatic rings. The normalized spacial score (nSPS) is 16.5. The number of guanidine groups is 1. The van der Waals surface area contributed by atoms with Crippen molar-refractivity contribution in [3.05, 3.63) is 35.1 Å². The molecule has 0 radical (unpaired) electrons. The van der Waals surface area contributed by atoms with Crippen molar-refractivity contribution in [3.8, 4) is 0 Å². The fourth-order valence-corrected chi connectivity index (χ4v) is 2.39. The Morgan fingerprint density at radius 2 is 1.77 bits per heavy atom. The number of rotatable bonds is 3. The SMILES string of the molecule is CC1CCN(C(N)=NCCc2cc(F)c(F)c(F)c2)CC1.I. The molecule has 2 N–H and O–H groups in total. The molecule has 0 aromatic heterocycles. The Hall–Kier alpha value is -0.990. The van der Waals surface area contributed by atoms with Crippen LogP contribution in [0.5, 0.6) is 0 Å². The minimum absolute atomic E-state index is 0. The van der Waals surface area contributed by atoms with Gasteiger partial charge in [0.1, 0.15) is 0 Å². The Labute approximate surface area is 145 Å². The first-order chi connectivity index (χ1) is 9.97. The second-order valence-electron chi connectivity index (χ2n) is 5.53. The summed E-state index contributed by atoms with van der Waals surface area (Å²) in [7, 11) is 0. The predicted molar refractivity (Wildman–Crippen MR) is 91.9 cm³/mol. The molecule has 1 aromatic carbocycles. The maximum atomic E-state index is 13.1. The van der Waals surface area contributed by atoms with Crippen LogP contribution in [0.2, 0.25) is 0 Å². The minimum Gasteiger partial charge on any atom is -0.370 e. The first kappa shape index (κ1) is 19.1. The van der Waals surface area contributed by atoms with Crippen LogP contribution >= 0.6 is 24.0 Å². The number of nitrogens with zero attached hydrogens (tertiary/aromatic N) is 2. The van der Waals surface area contributed by atoms with Crippen molar-refractivity contribution < 1.29 is 13.2 Å². The fourth-order valence-electron chi connectivity index (χ4n) is 2.39. The van der Waals surface area contributed by atoms with Gasteiger partial charge in [-0.05, 0) is 42.9 Å². The summed E-state index contributed by atoms with van der Waals surface area (Å²) in [6, 6.07) is 1.99. The van der Waals surface area contributed by atoms with Gasteiger partial charge in [-0.25, -0.2) is 13.2 Å².